The molecule has 0 amide bonds. The van der Waals surface area contributed by atoms with Gasteiger partial charge in [0.15, 0.2) is 0 Å². The molecule has 3 fully saturated rings. The van der Waals surface area contributed by atoms with Crippen molar-refractivity contribution in [3.05, 3.63) is 0 Å². The van der Waals surface area contributed by atoms with Crippen LogP contribution in [0.2, 0.25) is 0 Å². The quantitative estimate of drug-likeness (QED) is 0.593. The Hall–Kier alpha value is -0.170. The predicted octanol–water partition coefficient (Wildman–Crippen LogP) is -0.560. The highest BCUT2D eigenvalue weighted by atomic mass is 32.2. The van der Waals surface area contributed by atoms with Crippen LogP contribution in [0, 0.1) is 5.92 Å². The summed E-state index contributed by atoms with van der Waals surface area (Å²) >= 11 is 0. The zero-order chi connectivity index (χ0) is 9.76. The molecule has 14 heavy (non-hydrogen) atoms. The Morgan fingerprint density at radius 1 is 1.21 bits per heavy atom. The molecule has 80 valence electrons. The van der Waals surface area contributed by atoms with Crippen LogP contribution in [0.25, 0.3) is 0 Å². The molecule has 2 aliphatic heterocycles. The summed E-state index contributed by atoms with van der Waals surface area (Å²) in [5.41, 5.74) is 0. The van der Waals surface area contributed by atoms with E-state index in [4.69, 9.17) is 9.47 Å². The second kappa shape index (κ2) is 2.91. The van der Waals surface area contributed by atoms with Crippen LogP contribution in [-0.4, -0.2) is 39.2 Å². The summed E-state index contributed by atoms with van der Waals surface area (Å²) in [6.45, 7) is 0.306. The van der Waals surface area contributed by atoms with Crippen molar-refractivity contribution in [1.29, 1.82) is 0 Å². The first-order valence-corrected chi connectivity index (χ1v) is 6.54. The Morgan fingerprint density at radius 2 is 2.07 bits per heavy atom. The molecule has 1 saturated carbocycles. The molecule has 3 aliphatic rings. The zero-order valence-electron chi connectivity index (χ0n) is 7.68. The molecule has 0 radical (unpaired) electrons. The lowest BCUT2D eigenvalue weighted by Gasteiger charge is -2.32. The van der Waals surface area contributed by atoms with E-state index >= 15 is 0 Å². The van der Waals surface area contributed by atoms with E-state index in [9.17, 15) is 8.42 Å². The zero-order valence-corrected chi connectivity index (χ0v) is 8.50. The Bertz CT molecular complexity index is 341. The van der Waals surface area contributed by atoms with Crippen LogP contribution in [0.1, 0.15) is 12.8 Å². The van der Waals surface area contributed by atoms with Gasteiger partial charge in [0.2, 0.25) is 10.0 Å². The molecule has 4 unspecified atom stereocenters. The average Bonchev–Trinajstić information content (AvgIpc) is 2.64. The Kier molecular flexibility index (Phi) is 1.89. The fraction of sp³-hybridized carbons (Fsp3) is 1.00. The minimum absolute atomic E-state index is 0.0544. The van der Waals surface area contributed by atoms with E-state index in [0.717, 1.165) is 12.8 Å². The fourth-order valence-corrected chi connectivity index (χ4v) is 4.48. The summed E-state index contributed by atoms with van der Waals surface area (Å²) in [6.07, 6.45) is 1.87. The number of nitrogens with one attached hydrogen (secondary N) is 1. The summed E-state index contributed by atoms with van der Waals surface area (Å²) in [4.78, 5) is 0. The molecule has 1 N–H and O–H groups in total. The van der Waals surface area contributed by atoms with Crippen LogP contribution in [0.4, 0.5) is 0 Å². The van der Waals surface area contributed by atoms with Gasteiger partial charge >= 0.3 is 0 Å². The van der Waals surface area contributed by atoms with E-state index in [1.54, 1.807) is 0 Å². The van der Waals surface area contributed by atoms with Gasteiger partial charge in [-0.2, -0.15) is 0 Å². The summed E-state index contributed by atoms with van der Waals surface area (Å²) < 4.78 is 36.2. The van der Waals surface area contributed by atoms with Crippen LogP contribution >= 0.6 is 0 Å². The van der Waals surface area contributed by atoms with E-state index < -0.39 is 10.0 Å². The van der Waals surface area contributed by atoms with Crippen LogP contribution < -0.4 is 4.72 Å². The molecule has 5 nitrogen and oxygen atoms in total. The van der Waals surface area contributed by atoms with Gasteiger partial charge in [0.25, 0.3) is 0 Å². The van der Waals surface area contributed by atoms with Crippen LogP contribution in [-0.2, 0) is 19.5 Å². The third kappa shape index (κ3) is 1.29. The highest BCUT2D eigenvalue weighted by Crippen LogP contribution is 2.36. The van der Waals surface area contributed by atoms with Crippen molar-refractivity contribution in [2.45, 2.75) is 31.1 Å². The summed E-state index contributed by atoms with van der Waals surface area (Å²) in [6, 6.07) is -0.0544. The van der Waals surface area contributed by atoms with E-state index in [-0.39, 0.29) is 29.9 Å². The average molecular weight is 219 g/mol. The second-order valence-corrected chi connectivity index (χ2v) is 6.02. The van der Waals surface area contributed by atoms with Crippen molar-refractivity contribution in [3.8, 4) is 0 Å². The number of rotatable bonds is 0. The third-order valence-electron chi connectivity index (χ3n) is 3.34. The maximum absolute atomic E-state index is 11.4. The van der Waals surface area contributed by atoms with E-state index in [1.807, 2.05) is 0 Å². The molecular weight excluding hydrogens is 206 g/mol. The van der Waals surface area contributed by atoms with Gasteiger partial charge in [-0.25, -0.2) is 13.1 Å². The predicted molar refractivity (Wildman–Crippen MR) is 48.0 cm³/mol. The normalized spacial score (nSPS) is 50.0. The van der Waals surface area contributed by atoms with Gasteiger partial charge in [-0.05, 0) is 18.8 Å². The third-order valence-corrected chi connectivity index (χ3v) is 4.84. The smallest absolute Gasteiger partial charge is 0.212 e. The Labute approximate surface area is 82.8 Å². The number of hydrogen-bond acceptors (Lipinski definition) is 4. The molecule has 0 spiro atoms. The largest absolute Gasteiger partial charge is 0.349 e. The van der Waals surface area contributed by atoms with E-state index in [1.165, 1.54) is 0 Å². The first-order valence-electron chi connectivity index (χ1n) is 4.89. The molecule has 2 heterocycles. The Morgan fingerprint density at radius 3 is 2.93 bits per heavy atom. The van der Waals surface area contributed by atoms with Crippen molar-refractivity contribution < 1.29 is 17.9 Å². The number of ether oxygens (including phenoxy) is 2. The van der Waals surface area contributed by atoms with Crippen LogP contribution in [0.5, 0.6) is 0 Å². The standard InChI is InChI=1S/C8H13NO4S/c10-14(11)3-5-1-2-6-8(7(5)9-14)13-4-12-6/h5-9H,1-4H2. The van der Waals surface area contributed by atoms with Crippen molar-refractivity contribution in [2.75, 3.05) is 12.5 Å². The van der Waals surface area contributed by atoms with Crippen LogP contribution in [0.3, 0.4) is 0 Å². The SMILES string of the molecule is O=S1(=O)CC2CCC3OCOC3C2N1. The number of fused-ring (bicyclic) bond motifs is 3. The van der Waals surface area contributed by atoms with Crippen molar-refractivity contribution in [3.63, 3.8) is 0 Å². The molecular formula is C8H13NO4S. The molecule has 3 rings (SSSR count). The minimum Gasteiger partial charge on any atom is -0.349 e. The van der Waals surface area contributed by atoms with Gasteiger partial charge in [0, 0.05) is 0 Å². The maximum atomic E-state index is 11.4. The second-order valence-electron chi connectivity index (χ2n) is 4.22. The molecule has 2 saturated heterocycles. The van der Waals surface area contributed by atoms with Gasteiger partial charge in [-0.1, -0.05) is 0 Å². The summed E-state index contributed by atoms with van der Waals surface area (Å²) in [5, 5.41) is 0. The lowest BCUT2D eigenvalue weighted by atomic mass is 9.82. The van der Waals surface area contributed by atoms with Gasteiger partial charge in [-0.15, -0.1) is 0 Å². The van der Waals surface area contributed by atoms with E-state index in [0.29, 0.717) is 6.79 Å². The van der Waals surface area contributed by atoms with E-state index in [2.05, 4.69) is 4.72 Å². The van der Waals surface area contributed by atoms with Crippen molar-refractivity contribution in [2.24, 2.45) is 5.92 Å². The first-order chi connectivity index (χ1) is 6.66. The monoisotopic (exact) mass is 219 g/mol. The maximum Gasteiger partial charge on any atom is 0.212 e. The molecule has 0 aromatic rings. The lowest BCUT2D eigenvalue weighted by Crippen LogP contribution is -2.48. The summed E-state index contributed by atoms with van der Waals surface area (Å²) in [7, 11) is -3.05. The minimum atomic E-state index is -3.05. The lowest BCUT2D eigenvalue weighted by molar-refractivity contribution is 0.0341. The molecule has 4 atom stereocenters. The van der Waals surface area contributed by atoms with Crippen LogP contribution in [0.15, 0.2) is 0 Å². The number of hydrogen-bond donors (Lipinski definition) is 1. The van der Waals surface area contributed by atoms with Gasteiger partial charge in [0.05, 0.1) is 17.9 Å². The highest BCUT2D eigenvalue weighted by Gasteiger charge is 2.50. The topological polar surface area (TPSA) is 64.6 Å². The molecule has 0 aromatic heterocycles. The van der Waals surface area contributed by atoms with Crippen molar-refractivity contribution >= 4 is 10.0 Å². The van der Waals surface area contributed by atoms with Gasteiger partial charge in [-0.3, -0.25) is 0 Å². The van der Waals surface area contributed by atoms with Gasteiger partial charge in [0.1, 0.15) is 12.9 Å². The fourth-order valence-electron chi connectivity index (χ4n) is 2.70. The van der Waals surface area contributed by atoms with Gasteiger partial charge < -0.3 is 9.47 Å². The Balaban J connectivity index is 1.88. The number of sulfonamides is 1. The highest BCUT2D eigenvalue weighted by molar-refractivity contribution is 7.89. The summed E-state index contributed by atoms with van der Waals surface area (Å²) in [5.74, 6) is 0.465. The molecule has 0 bridgehead atoms. The first kappa shape index (κ1) is 9.08. The van der Waals surface area contributed by atoms with Crippen molar-refractivity contribution in [1.82, 2.24) is 4.72 Å². The molecule has 0 aromatic carbocycles. The molecule has 1 aliphatic carbocycles. The molecule has 6 heteroatoms.